The Morgan fingerprint density at radius 1 is 1.44 bits per heavy atom. The maximum atomic E-state index is 4.39. The first-order valence-corrected chi connectivity index (χ1v) is 7.14. The number of aromatic nitrogens is 2. The Balaban J connectivity index is 2.24. The average molecular weight is 247 g/mol. The van der Waals surface area contributed by atoms with Gasteiger partial charge in [0.15, 0.2) is 0 Å². The molecule has 1 aromatic rings. The van der Waals surface area contributed by atoms with Gasteiger partial charge >= 0.3 is 0 Å². The summed E-state index contributed by atoms with van der Waals surface area (Å²) >= 11 is 0. The van der Waals surface area contributed by atoms with Crippen molar-refractivity contribution in [2.75, 3.05) is 6.54 Å². The van der Waals surface area contributed by atoms with Crippen LogP contribution in [0.1, 0.15) is 56.3 Å². The van der Waals surface area contributed by atoms with Gasteiger partial charge in [-0.15, -0.1) is 0 Å². The first-order valence-electron chi connectivity index (χ1n) is 7.14. The summed E-state index contributed by atoms with van der Waals surface area (Å²) in [6.45, 7) is 5.44. The Kier molecular flexibility index (Phi) is 4.59. The fourth-order valence-electron chi connectivity index (χ4n) is 2.65. The van der Waals surface area contributed by atoms with Crippen LogP contribution in [0.2, 0.25) is 0 Å². The van der Waals surface area contributed by atoms with Crippen LogP contribution in [0.3, 0.4) is 0 Å². The zero-order chi connectivity index (χ0) is 13.0. The fraction of sp³-hybridized carbons (Fsp3) is 0.667. The van der Waals surface area contributed by atoms with Crippen molar-refractivity contribution in [3.05, 3.63) is 29.1 Å². The van der Waals surface area contributed by atoms with Crippen molar-refractivity contribution in [1.82, 2.24) is 15.1 Å². The summed E-state index contributed by atoms with van der Waals surface area (Å²) in [7, 11) is 2.02. The molecule has 1 N–H and O–H groups in total. The van der Waals surface area contributed by atoms with Gasteiger partial charge in [-0.25, -0.2) is 0 Å². The molecular weight excluding hydrogens is 222 g/mol. The van der Waals surface area contributed by atoms with Crippen LogP contribution in [0.25, 0.3) is 0 Å². The van der Waals surface area contributed by atoms with Crippen LogP contribution < -0.4 is 5.32 Å². The van der Waals surface area contributed by atoms with Gasteiger partial charge in [-0.2, -0.15) is 5.10 Å². The van der Waals surface area contributed by atoms with E-state index in [1.54, 1.807) is 5.57 Å². The Hall–Kier alpha value is -1.09. The molecule has 1 aromatic heterocycles. The minimum Gasteiger partial charge on any atom is -0.306 e. The Morgan fingerprint density at radius 2 is 2.28 bits per heavy atom. The highest BCUT2D eigenvalue weighted by Gasteiger charge is 2.21. The maximum absolute atomic E-state index is 4.39. The average Bonchev–Trinajstić information content (AvgIpc) is 2.73. The zero-order valence-electron chi connectivity index (χ0n) is 11.9. The predicted molar refractivity (Wildman–Crippen MR) is 75.5 cm³/mol. The Morgan fingerprint density at radius 3 is 2.83 bits per heavy atom. The van der Waals surface area contributed by atoms with Crippen molar-refractivity contribution in [1.29, 1.82) is 0 Å². The smallest absolute Gasteiger partial charge is 0.0570 e. The molecule has 3 nitrogen and oxygen atoms in total. The van der Waals surface area contributed by atoms with E-state index in [9.17, 15) is 0 Å². The molecule has 1 heterocycles. The van der Waals surface area contributed by atoms with Crippen LogP contribution >= 0.6 is 0 Å². The summed E-state index contributed by atoms with van der Waals surface area (Å²) in [4.78, 5) is 0. The van der Waals surface area contributed by atoms with Crippen molar-refractivity contribution < 1.29 is 0 Å². The van der Waals surface area contributed by atoms with E-state index >= 15 is 0 Å². The van der Waals surface area contributed by atoms with E-state index in [4.69, 9.17) is 0 Å². The monoisotopic (exact) mass is 247 g/mol. The topological polar surface area (TPSA) is 29.9 Å². The Bertz CT molecular complexity index is 417. The lowest BCUT2D eigenvalue weighted by atomic mass is 9.90. The van der Waals surface area contributed by atoms with Gasteiger partial charge in [0, 0.05) is 18.3 Å². The van der Waals surface area contributed by atoms with Crippen molar-refractivity contribution in [3.63, 3.8) is 0 Å². The number of nitrogens with zero attached hydrogens (tertiary/aromatic N) is 2. The second kappa shape index (κ2) is 6.19. The molecule has 0 saturated carbocycles. The minimum atomic E-state index is 0.374. The van der Waals surface area contributed by atoms with Crippen LogP contribution in [-0.4, -0.2) is 16.3 Å². The van der Waals surface area contributed by atoms with Gasteiger partial charge in [-0.1, -0.05) is 18.6 Å². The molecule has 0 fully saturated rings. The molecule has 18 heavy (non-hydrogen) atoms. The molecule has 3 heteroatoms. The number of nitrogens with one attached hydrogen (secondary N) is 1. The Labute approximate surface area is 110 Å². The first-order chi connectivity index (χ1) is 8.74. The SMILES string of the molecule is CCCNC(C1=CCCCC1)c1cnn(C)c1C. The number of allylic oxidation sites excluding steroid dienone is 1. The van der Waals surface area contributed by atoms with Gasteiger partial charge in [0.25, 0.3) is 0 Å². The van der Waals surface area contributed by atoms with Crippen molar-refractivity contribution in [2.24, 2.45) is 7.05 Å². The zero-order valence-corrected chi connectivity index (χ0v) is 11.9. The van der Waals surface area contributed by atoms with Crippen LogP contribution in [0.15, 0.2) is 17.8 Å². The molecule has 1 aliphatic rings. The number of rotatable bonds is 5. The molecule has 0 saturated heterocycles. The lowest BCUT2D eigenvalue weighted by molar-refractivity contribution is 0.544. The van der Waals surface area contributed by atoms with Gasteiger partial charge in [0.05, 0.1) is 12.2 Å². The summed E-state index contributed by atoms with van der Waals surface area (Å²) in [6, 6.07) is 0.374. The van der Waals surface area contributed by atoms with E-state index in [2.05, 4.69) is 30.3 Å². The number of aryl methyl sites for hydroxylation is 1. The molecule has 0 radical (unpaired) electrons. The molecule has 100 valence electrons. The molecule has 1 unspecified atom stereocenters. The molecule has 0 spiro atoms. The molecule has 1 aliphatic carbocycles. The highest BCUT2D eigenvalue weighted by Crippen LogP contribution is 2.31. The predicted octanol–water partition coefficient (Wildman–Crippen LogP) is 3.27. The van der Waals surface area contributed by atoms with Crippen LogP contribution in [-0.2, 0) is 7.05 Å². The standard InChI is InChI=1S/C15H25N3/c1-4-10-16-15(13-8-6-5-7-9-13)14-11-17-18(3)12(14)2/h8,11,15-16H,4-7,9-10H2,1-3H3. The molecule has 1 atom stereocenters. The molecule has 0 amide bonds. The highest BCUT2D eigenvalue weighted by molar-refractivity contribution is 5.30. The van der Waals surface area contributed by atoms with Crippen LogP contribution in [0.4, 0.5) is 0 Å². The second-order valence-electron chi connectivity index (χ2n) is 5.22. The third-order valence-corrected chi connectivity index (χ3v) is 3.88. The second-order valence-corrected chi connectivity index (χ2v) is 5.22. The molecule has 0 aromatic carbocycles. The van der Waals surface area contributed by atoms with Gasteiger partial charge in [-0.3, -0.25) is 4.68 Å². The van der Waals surface area contributed by atoms with Gasteiger partial charge in [0.1, 0.15) is 0 Å². The lowest BCUT2D eigenvalue weighted by Gasteiger charge is -2.24. The number of hydrogen-bond donors (Lipinski definition) is 1. The third-order valence-electron chi connectivity index (χ3n) is 3.88. The molecule has 2 rings (SSSR count). The van der Waals surface area contributed by atoms with E-state index in [0.717, 1.165) is 6.54 Å². The number of hydrogen-bond acceptors (Lipinski definition) is 2. The van der Waals surface area contributed by atoms with Crippen molar-refractivity contribution >= 4 is 0 Å². The molecule has 0 bridgehead atoms. The quantitative estimate of drug-likeness (QED) is 0.809. The summed E-state index contributed by atoms with van der Waals surface area (Å²) < 4.78 is 1.97. The third kappa shape index (κ3) is 2.83. The minimum absolute atomic E-state index is 0.374. The van der Waals surface area contributed by atoms with Crippen molar-refractivity contribution in [3.8, 4) is 0 Å². The van der Waals surface area contributed by atoms with E-state index < -0.39 is 0 Å². The van der Waals surface area contributed by atoms with E-state index in [1.165, 1.54) is 43.4 Å². The largest absolute Gasteiger partial charge is 0.306 e. The fourth-order valence-corrected chi connectivity index (χ4v) is 2.65. The summed E-state index contributed by atoms with van der Waals surface area (Å²) in [5.74, 6) is 0. The van der Waals surface area contributed by atoms with E-state index in [0.29, 0.717) is 6.04 Å². The highest BCUT2D eigenvalue weighted by atomic mass is 15.3. The van der Waals surface area contributed by atoms with Gasteiger partial charge in [0.2, 0.25) is 0 Å². The maximum Gasteiger partial charge on any atom is 0.0570 e. The van der Waals surface area contributed by atoms with Crippen molar-refractivity contribution in [2.45, 2.75) is 52.0 Å². The van der Waals surface area contributed by atoms with E-state index in [-0.39, 0.29) is 0 Å². The van der Waals surface area contributed by atoms with Gasteiger partial charge < -0.3 is 5.32 Å². The lowest BCUT2D eigenvalue weighted by Crippen LogP contribution is -2.25. The normalized spacial score (nSPS) is 17.6. The summed E-state index contributed by atoms with van der Waals surface area (Å²) in [5.41, 5.74) is 4.18. The first kappa shape index (κ1) is 13.3. The summed E-state index contributed by atoms with van der Waals surface area (Å²) in [6.07, 6.45) is 10.8. The molecular formula is C15H25N3. The van der Waals surface area contributed by atoms with Crippen LogP contribution in [0, 0.1) is 6.92 Å². The van der Waals surface area contributed by atoms with Crippen LogP contribution in [0.5, 0.6) is 0 Å². The summed E-state index contributed by atoms with van der Waals surface area (Å²) in [5, 5.41) is 8.08. The van der Waals surface area contributed by atoms with E-state index in [1.807, 2.05) is 17.9 Å². The van der Waals surface area contributed by atoms with Gasteiger partial charge in [-0.05, 0) is 45.6 Å². The molecule has 0 aliphatic heterocycles.